The van der Waals surface area contributed by atoms with Crippen LogP contribution >= 0.6 is 11.6 Å². The van der Waals surface area contributed by atoms with Crippen LogP contribution in [0.2, 0.25) is 5.02 Å². The molecule has 7 heteroatoms. The molecule has 1 fully saturated rings. The summed E-state index contributed by atoms with van der Waals surface area (Å²) in [6.45, 7) is 1.67. The van der Waals surface area contributed by atoms with Crippen molar-refractivity contribution in [1.29, 1.82) is 10.8 Å². The Morgan fingerprint density at radius 3 is 2.58 bits per heavy atom. The zero-order valence-electron chi connectivity index (χ0n) is 10.3. The molecule has 0 aromatic heterocycles. The third-order valence-electron chi connectivity index (χ3n) is 2.85. The maximum atomic E-state index is 13.0. The molecule has 1 aromatic carbocycles. The number of likely N-dealkylation sites (tertiary alicyclic amines) is 1. The van der Waals surface area contributed by atoms with Gasteiger partial charge in [-0.1, -0.05) is 11.6 Å². The van der Waals surface area contributed by atoms with E-state index in [0.717, 1.165) is 25.9 Å². The first-order chi connectivity index (χ1) is 9.06. The van der Waals surface area contributed by atoms with Crippen molar-refractivity contribution in [3.8, 4) is 0 Å². The lowest BCUT2D eigenvalue weighted by molar-refractivity contribution is 0.502. The van der Waals surface area contributed by atoms with Crippen LogP contribution in [0.4, 0.5) is 10.1 Å². The number of guanidine groups is 2. The van der Waals surface area contributed by atoms with Crippen LogP contribution in [-0.2, 0) is 0 Å². The molecule has 0 bridgehead atoms. The van der Waals surface area contributed by atoms with Gasteiger partial charge in [-0.3, -0.25) is 16.1 Å². The van der Waals surface area contributed by atoms with Gasteiger partial charge in [0, 0.05) is 18.8 Å². The van der Waals surface area contributed by atoms with Crippen LogP contribution in [0, 0.1) is 16.6 Å². The highest BCUT2D eigenvalue weighted by atomic mass is 35.5. The SMILES string of the molecule is N=C(NC(=N)N1CCCC1)Nc1ccc(F)c(Cl)c1. The Morgan fingerprint density at radius 1 is 1.26 bits per heavy atom. The molecule has 5 nitrogen and oxygen atoms in total. The Kier molecular flexibility index (Phi) is 4.21. The predicted octanol–water partition coefficient (Wildman–Crippen LogP) is 2.45. The molecule has 1 heterocycles. The van der Waals surface area contributed by atoms with Crippen molar-refractivity contribution in [3.63, 3.8) is 0 Å². The topological polar surface area (TPSA) is 75.0 Å². The number of rotatable bonds is 1. The van der Waals surface area contributed by atoms with Crippen LogP contribution in [0.5, 0.6) is 0 Å². The standard InChI is InChI=1S/C12H15ClFN5/c13-9-7-8(3-4-10(9)14)17-11(15)18-12(16)19-5-1-2-6-19/h3-4,7H,1-2,5-6H2,(H4,15,16,17,18). The van der Waals surface area contributed by atoms with Gasteiger partial charge in [-0.25, -0.2) is 4.39 Å². The fraction of sp³-hybridized carbons (Fsp3) is 0.333. The van der Waals surface area contributed by atoms with Crippen LogP contribution in [0.1, 0.15) is 12.8 Å². The summed E-state index contributed by atoms with van der Waals surface area (Å²) in [6, 6.07) is 4.10. The van der Waals surface area contributed by atoms with Crippen molar-refractivity contribution in [3.05, 3.63) is 29.0 Å². The molecule has 4 N–H and O–H groups in total. The normalized spacial score (nSPS) is 14.3. The minimum absolute atomic E-state index is 0.00702. The molecule has 1 saturated heterocycles. The number of nitrogens with one attached hydrogen (secondary N) is 4. The average molecular weight is 284 g/mol. The van der Waals surface area contributed by atoms with E-state index in [2.05, 4.69) is 10.6 Å². The fourth-order valence-electron chi connectivity index (χ4n) is 1.89. The summed E-state index contributed by atoms with van der Waals surface area (Å²) in [5.74, 6) is -0.348. The van der Waals surface area contributed by atoms with Crippen molar-refractivity contribution in [2.24, 2.45) is 0 Å². The van der Waals surface area contributed by atoms with Crippen LogP contribution in [-0.4, -0.2) is 29.9 Å². The van der Waals surface area contributed by atoms with Crippen molar-refractivity contribution in [2.45, 2.75) is 12.8 Å². The Bertz CT molecular complexity index is 499. The monoisotopic (exact) mass is 283 g/mol. The van der Waals surface area contributed by atoms with Gasteiger partial charge < -0.3 is 10.2 Å². The average Bonchev–Trinajstić information content (AvgIpc) is 2.87. The number of halogens is 2. The zero-order valence-corrected chi connectivity index (χ0v) is 11.0. The summed E-state index contributed by atoms with van der Waals surface area (Å²) >= 11 is 5.65. The molecular formula is C12H15ClFN5. The third-order valence-corrected chi connectivity index (χ3v) is 3.14. The van der Waals surface area contributed by atoms with E-state index in [-0.39, 0.29) is 16.9 Å². The molecule has 102 valence electrons. The van der Waals surface area contributed by atoms with Gasteiger partial charge in [-0.2, -0.15) is 0 Å². The molecule has 0 spiro atoms. The van der Waals surface area contributed by atoms with Crippen molar-refractivity contribution < 1.29 is 4.39 Å². The van der Waals surface area contributed by atoms with Gasteiger partial charge in [0.2, 0.25) is 0 Å². The van der Waals surface area contributed by atoms with Crippen LogP contribution in [0.25, 0.3) is 0 Å². The summed E-state index contributed by atoms with van der Waals surface area (Å²) in [5.41, 5.74) is 0.498. The molecule has 0 amide bonds. The second-order valence-electron chi connectivity index (χ2n) is 4.30. The fourth-order valence-corrected chi connectivity index (χ4v) is 2.07. The number of nitrogens with zero attached hydrogens (tertiary/aromatic N) is 1. The van der Waals surface area contributed by atoms with E-state index < -0.39 is 5.82 Å². The molecule has 0 unspecified atom stereocenters. The third kappa shape index (κ3) is 3.57. The number of benzene rings is 1. The molecule has 0 atom stereocenters. The Balaban J connectivity index is 1.89. The highest BCUT2D eigenvalue weighted by molar-refractivity contribution is 6.31. The van der Waals surface area contributed by atoms with Crippen LogP contribution in [0.15, 0.2) is 18.2 Å². The van der Waals surface area contributed by atoms with E-state index >= 15 is 0 Å². The van der Waals surface area contributed by atoms with E-state index in [1.54, 1.807) is 0 Å². The zero-order chi connectivity index (χ0) is 13.8. The Hall–Kier alpha value is -1.82. The van der Waals surface area contributed by atoms with Gasteiger partial charge in [0.25, 0.3) is 0 Å². The molecule has 0 radical (unpaired) electrons. The second kappa shape index (κ2) is 5.88. The minimum Gasteiger partial charge on any atom is -0.343 e. The summed E-state index contributed by atoms with van der Waals surface area (Å²) in [4.78, 5) is 1.87. The van der Waals surface area contributed by atoms with Gasteiger partial charge in [0.05, 0.1) is 5.02 Å². The molecule has 19 heavy (non-hydrogen) atoms. The number of anilines is 1. The summed E-state index contributed by atoms with van der Waals surface area (Å²) in [7, 11) is 0. The van der Waals surface area contributed by atoms with E-state index in [1.165, 1.54) is 18.2 Å². The maximum Gasteiger partial charge on any atom is 0.199 e. The van der Waals surface area contributed by atoms with Gasteiger partial charge in [0.15, 0.2) is 11.9 Å². The van der Waals surface area contributed by atoms with Crippen LogP contribution in [0.3, 0.4) is 0 Å². The lowest BCUT2D eigenvalue weighted by Crippen LogP contribution is -2.44. The Labute approximate surface area is 115 Å². The van der Waals surface area contributed by atoms with Crippen molar-refractivity contribution >= 4 is 29.2 Å². The molecule has 1 aromatic rings. The molecule has 1 aliphatic heterocycles. The first-order valence-corrected chi connectivity index (χ1v) is 6.35. The highest BCUT2D eigenvalue weighted by Gasteiger charge is 2.15. The van der Waals surface area contributed by atoms with E-state index in [9.17, 15) is 4.39 Å². The van der Waals surface area contributed by atoms with E-state index in [0.29, 0.717) is 5.69 Å². The first-order valence-electron chi connectivity index (χ1n) is 5.97. The molecule has 1 aliphatic rings. The highest BCUT2D eigenvalue weighted by Crippen LogP contribution is 2.19. The summed E-state index contributed by atoms with van der Waals surface area (Å²) in [6.07, 6.45) is 2.14. The molecule has 0 saturated carbocycles. The molecule has 0 aliphatic carbocycles. The van der Waals surface area contributed by atoms with Gasteiger partial charge in [-0.15, -0.1) is 0 Å². The summed E-state index contributed by atoms with van der Waals surface area (Å²) < 4.78 is 13.0. The van der Waals surface area contributed by atoms with Gasteiger partial charge >= 0.3 is 0 Å². The summed E-state index contributed by atoms with van der Waals surface area (Å²) in [5, 5.41) is 20.9. The first kappa shape index (κ1) is 13.6. The van der Waals surface area contributed by atoms with E-state index in [4.69, 9.17) is 22.4 Å². The molecular weight excluding hydrogens is 269 g/mol. The van der Waals surface area contributed by atoms with Gasteiger partial charge in [-0.05, 0) is 31.0 Å². The number of hydrogen-bond acceptors (Lipinski definition) is 2. The smallest absolute Gasteiger partial charge is 0.199 e. The number of hydrogen-bond donors (Lipinski definition) is 4. The van der Waals surface area contributed by atoms with Crippen molar-refractivity contribution in [1.82, 2.24) is 10.2 Å². The minimum atomic E-state index is -0.503. The van der Waals surface area contributed by atoms with Gasteiger partial charge in [0.1, 0.15) is 5.82 Å². The van der Waals surface area contributed by atoms with E-state index in [1.807, 2.05) is 4.90 Å². The van der Waals surface area contributed by atoms with Crippen molar-refractivity contribution in [2.75, 3.05) is 18.4 Å². The second-order valence-corrected chi connectivity index (χ2v) is 4.70. The predicted molar refractivity (Wildman–Crippen MR) is 74.4 cm³/mol. The lowest BCUT2D eigenvalue weighted by atomic mass is 10.3. The van der Waals surface area contributed by atoms with Crippen LogP contribution < -0.4 is 10.6 Å². The maximum absolute atomic E-state index is 13.0. The quantitative estimate of drug-likeness (QED) is 0.472. The lowest BCUT2D eigenvalue weighted by Gasteiger charge is -2.20. The molecule has 2 rings (SSSR count). The largest absolute Gasteiger partial charge is 0.343 e. The Morgan fingerprint density at radius 2 is 1.95 bits per heavy atom.